The molecule has 0 saturated heterocycles. The van der Waals surface area contributed by atoms with Crippen LogP contribution in [-0.4, -0.2) is 11.7 Å². The number of hydrogen-bond acceptors (Lipinski definition) is 3. The Morgan fingerprint density at radius 3 is 2.67 bits per heavy atom. The summed E-state index contributed by atoms with van der Waals surface area (Å²) in [4.78, 5) is 4.49. The zero-order valence-corrected chi connectivity index (χ0v) is 9.71. The molecule has 0 radical (unpaired) electrons. The van der Waals surface area contributed by atoms with E-state index in [-0.39, 0.29) is 5.92 Å². The van der Waals surface area contributed by atoms with Crippen molar-refractivity contribution in [1.82, 2.24) is 0 Å². The minimum Gasteiger partial charge on any atom is -0.507 e. The Morgan fingerprint density at radius 1 is 1.47 bits per heavy atom. The summed E-state index contributed by atoms with van der Waals surface area (Å²) in [6, 6.07) is 3.52. The Hall–Kier alpha value is -0.770. The van der Waals surface area contributed by atoms with Crippen LogP contribution in [0.2, 0.25) is 5.02 Å². The van der Waals surface area contributed by atoms with Crippen LogP contribution in [0.4, 0.5) is 0 Å². The van der Waals surface area contributed by atoms with Gasteiger partial charge in [-0.3, -0.25) is 0 Å². The molecule has 1 aromatic rings. The number of halogens is 1. The van der Waals surface area contributed by atoms with Gasteiger partial charge in [-0.15, -0.1) is 0 Å². The quantitative estimate of drug-likeness (QED) is 0.781. The van der Waals surface area contributed by atoms with Crippen LogP contribution in [-0.2, 0) is 11.3 Å². The summed E-state index contributed by atoms with van der Waals surface area (Å²) >= 11 is 5.96. The lowest BCUT2D eigenvalue weighted by atomic mass is 9.98. The Labute approximate surface area is 94.8 Å². The summed E-state index contributed by atoms with van der Waals surface area (Å²) in [6.45, 7) is 4.38. The highest BCUT2D eigenvalue weighted by Gasteiger charge is 2.11. The largest absolute Gasteiger partial charge is 0.507 e. The van der Waals surface area contributed by atoms with Crippen molar-refractivity contribution < 1.29 is 9.94 Å². The van der Waals surface area contributed by atoms with E-state index in [0.717, 1.165) is 11.1 Å². The highest BCUT2D eigenvalue weighted by molar-refractivity contribution is 6.30. The zero-order chi connectivity index (χ0) is 11.4. The molecule has 1 aromatic carbocycles. The van der Waals surface area contributed by atoms with Crippen LogP contribution in [0.15, 0.2) is 12.1 Å². The maximum Gasteiger partial charge on any atom is 0.122 e. The van der Waals surface area contributed by atoms with Gasteiger partial charge in [-0.1, -0.05) is 25.4 Å². The van der Waals surface area contributed by atoms with E-state index in [1.807, 2.05) is 13.8 Å². The fraction of sp³-hybridized carbons (Fsp3) is 0.455. The molecule has 4 heteroatoms. The van der Waals surface area contributed by atoms with Crippen molar-refractivity contribution in [2.75, 3.05) is 6.61 Å². The fourth-order valence-corrected chi connectivity index (χ4v) is 1.73. The SMILES string of the molecule is CC(C)c1cc(Cl)cc(CCON)c1O. The maximum absolute atomic E-state index is 9.96. The summed E-state index contributed by atoms with van der Waals surface area (Å²) in [5.41, 5.74) is 1.63. The average molecular weight is 230 g/mol. The Bertz CT molecular complexity index is 340. The van der Waals surface area contributed by atoms with E-state index in [1.54, 1.807) is 12.1 Å². The molecule has 0 unspecified atom stereocenters. The smallest absolute Gasteiger partial charge is 0.122 e. The third kappa shape index (κ3) is 3.09. The lowest BCUT2D eigenvalue weighted by Gasteiger charge is -2.13. The first-order valence-corrected chi connectivity index (χ1v) is 5.27. The van der Waals surface area contributed by atoms with Gasteiger partial charge in [-0.05, 0) is 29.2 Å². The number of hydrogen-bond donors (Lipinski definition) is 2. The van der Waals surface area contributed by atoms with Gasteiger partial charge in [0.05, 0.1) is 6.61 Å². The van der Waals surface area contributed by atoms with Crippen LogP contribution >= 0.6 is 11.6 Å². The zero-order valence-electron chi connectivity index (χ0n) is 8.96. The minimum atomic E-state index is 0.237. The maximum atomic E-state index is 9.96. The monoisotopic (exact) mass is 229 g/mol. The molecular weight excluding hydrogens is 214 g/mol. The topological polar surface area (TPSA) is 55.5 Å². The molecule has 0 bridgehead atoms. The summed E-state index contributed by atoms with van der Waals surface area (Å²) in [5.74, 6) is 5.48. The van der Waals surface area contributed by atoms with Crippen LogP contribution in [0, 0.1) is 0 Å². The molecule has 0 saturated carbocycles. The number of nitrogens with two attached hydrogens (primary N) is 1. The highest BCUT2D eigenvalue weighted by Crippen LogP contribution is 2.32. The van der Waals surface area contributed by atoms with E-state index >= 15 is 0 Å². The molecule has 15 heavy (non-hydrogen) atoms. The standard InChI is InChI=1S/C11H16ClNO2/c1-7(2)10-6-9(12)5-8(11(10)14)3-4-15-13/h5-7,14H,3-4,13H2,1-2H3. The first kappa shape index (κ1) is 12.3. The normalized spacial score (nSPS) is 11.0. The van der Waals surface area contributed by atoms with E-state index < -0.39 is 0 Å². The van der Waals surface area contributed by atoms with Gasteiger partial charge in [0.15, 0.2) is 0 Å². The molecular formula is C11H16ClNO2. The molecule has 1 rings (SSSR count). The van der Waals surface area contributed by atoms with E-state index in [4.69, 9.17) is 17.5 Å². The van der Waals surface area contributed by atoms with Gasteiger partial charge in [0, 0.05) is 11.4 Å². The highest BCUT2D eigenvalue weighted by atomic mass is 35.5. The third-order valence-electron chi connectivity index (χ3n) is 2.29. The predicted molar refractivity (Wildman–Crippen MR) is 61.0 cm³/mol. The van der Waals surface area contributed by atoms with Crippen LogP contribution in [0.5, 0.6) is 5.75 Å². The summed E-state index contributed by atoms with van der Waals surface area (Å²) < 4.78 is 0. The van der Waals surface area contributed by atoms with Gasteiger partial charge in [0.2, 0.25) is 0 Å². The second-order valence-corrected chi connectivity index (χ2v) is 4.21. The van der Waals surface area contributed by atoms with Crippen LogP contribution < -0.4 is 5.90 Å². The van der Waals surface area contributed by atoms with E-state index in [2.05, 4.69) is 4.84 Å². The lowest BCUT2D eigenvalue weighted by molar-refractivity contribution is 0.140. The number of aromatic hydroxyl groups is 1. The first-order chi connectivity index (χ1) is 7.06. The van der Waals surface area contributed by atoms with Crippen molar-refractivity contribution in [2.24, 2.45) is 5.90 Å². The lowest BCUT2D eigenvalue weighted by Crippen LogP contribution is -2.04. The summed E-state index contributed by atoms with van der Waals surface area (Å²) in [7, 11) is 0. The minimum absolute atomic E-state index is 0.237. The Morgan fingerprint density at radius 2 is 2.13 bits per heavy atom. The average Bonchev–Trinajstić information content (AvgIpc) is 2.18. The Kier molecular flexibility index (Phi) is 4.39. The predicted octanol–water partition coefficient (Wildman–Crippen LogP) is 2.60. The summed E-state index contributed by atoms with van der Waals surface area (Å²) in [6.07, 6.45) is 0.558. The molecule has 0 aliphatic rings. The van der Waals surface area contributed by atoms with Crippen molar-refractivity contribution in [1.29, 1.82) is 0 Å². The van der Waals surface area contributed by atoms with Crippen molar-refractivity contribution in [3.05, 3.63) is 28.3 Å². The van der Waals surface area contributed by atoms with Gasteiger partial charge >= 0.3 is 0 Å². The van der Waals surface area contributed by atoms with E-state index in [0.29, 0.717) is 23.8 Å². The van der Waals surface area contributed by atoms with Gasteiger partial charge in [-0.25, -0.2) is 5.90 Å². The first-order valence-electron chi connectivity index (χ1n) is 4.89. The van der Waals surface area contributed by atoms with Crippen molar-refractivity contribution in [3.8, 4) is 5.75 Å². The number of rotatable bonds is 4. The second-order valence-electron chi connectivity index (χ2n) is 3.78. The molecule has 0 aliphatic heterocycles. The number of phenols is 1. The second kappa shape index (κ2) is 5.35. The van der Waals surface area contributed by atoms with Crippen LogP contribution in [0.1, 0.15) is 30.9 Å². The molecule has 3 N–H and O–H groups in total. The fourth-order valence-electron chi connectivity index (χ4n) is 1.48. The molecule has 0 spiro atoms. The molecule has 0 amide bonds. The number of benzene rings is 1. The van der Waals surface area contributed by atoms with Gasteiger partial charge in [0.1, 0.15) is 5.75 Å². The molecule has 84 valence electrons. The van der Waals surface area contributed by atoms with Gasteiger partial charge < -0.3 is 9.94 Å². The van der Waals surface area contributed by atoms with E-state index in [1.165, 1.54) is 0 Å². The molecule has 0 fully saturated rings. The molecule has 0 aliphatic carbocycles. The van der Waals surface area contributed by atoms with Crippen molar-refractivity contribution >= 4 is 11.6 Å². The molecule has 3 nitrogen and oxygen atoms in total. The summed E-state index contributed by atoms with van der Waals surface area (Å²) in [5, 5.41) is 10.6. The molecule has 0 aromatic heterocycles. The van der Waals surface area contributed by atoms with Gasteiger partial charge in [-0.2, -0.15) is 0 Å². The van der Waals surface area contributed by atoms with E-state index in [9.17, 15) is 5.11 Å². The van der Waals surface area contributed by atoms with Crippen LogP contribution in [0.3, 0.4) is 0 Å². The third-order valence-corrected chi connectivity index (χ3v) is 2.51. The molecule has 0 atom stereocenters. The van der Waals surface area contributed by atoms with Crippen LogP contribution in [0.25, 0.3) is 0 Å². The number of phenolic OH excluding ortho intramolecular Hbond substituents is 1. The van der Waals surface area contributed by atoms with Crippen molar-refractivity contribution in [2.45, 2.75) is 26.2 Å². The van der Waals surface area contributed by atoms with Gasteiger partial charge in [0.25, 0.3) is 0 Å². The molecule has 0 heterocycles. The Balaban J connectivity index is 3.05. The van der Waals surface area contributed by atoms with Crippen molar-refractivity contribution in [3.63, 3.8) is 0 Å².